The van der Waals surface area contributed by atoms with E-state index in [9.17, 15) is 0 Å². The third kappa shape index (κ3) is 4.86. The van der Waals surface area contributed by atoms with E-state index < -0.39 is 0 Å². The number of allylic oxidation sites excluding steroid dienone is 1. The number of hydrogen-bond acceptors (Lipinski definition) is 0. The maximum absolute atomic E-state index is 2.41. The van der Waals surface area contributed by atoms with Crippen LogP contribution in [-0.2, 0) is 12.8 Å². The first-order valence-electron chi connectivity index (χ1n) is 8.18. The van der Waals surface area contributed by atoms with Gasteiger partial charge in [0, 0.05) is 0 Å². The van der Waals surface area contributed by atoms with E-state index in [1.54, 1.807) is 0 Å². The number of aryl methyl sites for hydroxylation is 1. The second kappa shape index (κ2) is 8.19. The highest BCUT2D eigenvalue weighted by Crippen LogP contribution is 2.21. The number of hydrogen-bond donors (Lipinski definition) is 0. The van der Waals surface area contributed by atoms with E-state index in [0.717, 1.165) is 6.42 Å². The Morgan fingerprint density at radius 2 is 1.63 bits per heavy atom. The fraction of sp³-hybridized carbons (Fsp3) is 0.579. The second-order valence-corrected chi connectivity index (χ2v) is 5.86. The maximum Gasteiger partial charge on any atom is -0.00881 e. The van der Waals surface area contributed by atoms with Crippen molar-refractivity contribution in [3.05, 3.63) is 41.0 Å². The molecule has 0 aromatic heterocycles. The molecule has 0 fully saturated rings. The third-order valence-corrected chi connectivity index (χ3v) is 4.16. The summed E-state index contributed by atoms with van der Waals surface area (Å²) < 4.78 is 0. The van der Waals surface area contributed by atoms with Gasteiger partial charge in [-0.1, -0.05) is 82.2 Å². The van der Waals surface area contributed by atoms with Gasteiger partial charge in [0.25, 0.3) is 0 Å². The smallest absolute Gasteiger partial charge is 0.00881 e. The quantitative estimate of drug-likeness (QED) is 0.480. The lowest BCUT2D eigenvalue weighted by Crippen LogP contribution is -1.90. The minimum Gasteiger partial charge on any atom is -0.0795 e. The Morgan fingerprint density at radius 3 is 2.42 bits per heavy atom. The Labute approximate surface area is 118 Å². The predicted octanol–water partition coefficient (Wildman–Crippen LogP) is 5.94. The lowest BCUT2D eigenvalue weighted by Gasteiger charge is -2.05. The van der Waals surface area contributed by atoms with Crippen molar-refractivity contribution in [2.24, 2.45) is 0 Å². The molecule has 0 saturated heterocycles. The Hall–Kier alpha value is -1.04. The highest BCUT2D eigenvalue weighted by atomic mass is 14.1. The molecule has 1 aromatic rings. The van der Waals surface area contributed by atoms with Gasteiger partial charge in [0.05, 0.1) is 0 Å². The second-order valence-electron chi connectivity index (χ2n) is 5.86. The summed E-state index contributed by atoms with van der Waals surface area (Å²) in [5.41, 5.74) is 4.49. The summed E-state index contributed by atoms with van der Waals surface area (Å²) in [5.74, 6) is 0. The van der Waals surface area contributed by atoms with Gasteiger partial charge >= 0.3 is 0 Å². The van der Waals surface area contributed by atoms with Crippen molar-refractivity contribution < 1.29 is 0 Å². The first-order valence-corrected chi connectivity index (χ1v) is 8.18. The highest BCUT2D eigenvalue weighted by molar-refractivity contribution is 5.60. The maximum atomic E-state index is 2.41. The van der Waals surface area contributed by atoms with Gasteiger partial charge in [-0.3, -0.25) is 0 Å². The zero-order chi connectivity index (χ0) is 13.3. The lowest BCUT2D eigenvalue weighted by atomic mass is 10.0. The lowest BCUT2D eigenvalue weighted by molar-refractivity contribution is 0.575. The van der Waals surface area contributed by atoms with Crippen LogP contribution in [-0.4, -0.2) is 0 Å². The topological polar surface area (TPSA) is 0 Å². The summed E-state index contributed by atoms with van der Waals surface area (Å²) in [6, 6.07) is 7.02. The molecule has 0 aliphatic heterocycles. The fourth-order valence-corrected chi connectivity index (χ4v) is 2.93. The van der Waals surface area contributed by atoms with Crippen LogP contribution in [0, 0.1) is 0 Å². The third-order valence-electron chi connectivity index (χ3n) is 4.16. The van der Waals surface area contributed by atoms with E-state index >= 15 is 0 Å². The Kier molecular flexibility index (Phi) is 6.20. The van der Waals surface area contributed by atoms with Crippen LogP contribution in [0.15, 0.2) is 24.3 Å². The summed E-state index contributed by atoms with van der Waals surface area (Å²) in [6.45, 7) is 2.28. The Balaban J connectivity index is 1.56. The number of fused-ring (bicyclic) bond motifs is 1. The predicted molar refractivity (Wildman–Crippen MR) is 85.5 cm³/mol. The van der Waals surface area contributed by atoms with Gasteiger partial charge in [-0.25, -0.2) is 0 Å². The van der Waals surface area contributed by atoms with Crippen molar-refractivity contribution in [2.75, 3.05) is 0 Å². The number of rotatable bonds is 9. The summed E-state index contributed by atoms with van der Waals surface area (Å²) >= 11 is 0. The highest BCUT2D eigenvalue weighted by Gasteiger charge is 2.05. The molecule has 0 atom stereocenters. The van der Waals surface area contributed by atoms with E-state index in [2.05, 4.69) is 37.3 Å². The van der Waals surface area contributed by atoms with Gasteiger partial charge in [-0.05, 0) is 36.0 Å². The molecular weight excluding hydrogens is 228 g/mol. The van der Waals surface area contributed by atoms with Gasteiger partial charge in [-0.2, -0.15) is 0 Å². The minimum atomic E-state index is 1.14. The van der Waals surface area contributed by atoms with Crippen LogP contribution < -0.4 is 0 Å². The molecule has 0 heteroatoms. The summed E-state index contributed by atoms with van der Waals surface area (Å²) in [4.78, 5) is 0. The molecule has 0 radical (unpaired) electrons. The first kappa shape index (κ1) is 14.4. The van der Waals surface area contributed by atoms with Gasteiger partial charge in [0.15, 0.2) is 0 Å². The molecule has 0 N–H and O–H groups in total. The molecule has 2 rings (SSSR count). The monoisotopic (exact) mass is 256 g/mol. The van der Waals surface area contributed by atoms with Gasteiger partial charge in [0.1, 0.15) is 0 Å². The largest absolute Gasteiger partial charge is 0.0795 e. The van der Waals surface area contributed by atoms with Crippen molar-refractivity contribution in [1.82, 2.24) is 0 Å². The molecule has 0 bridgehead atoms. The average Bonchev–Trinajstić information content (AvgIpc) is 2.89. The molecule has 1 aliphatic carbocycles. The van der Waals surface area contributed by atoms with Gasteiger partial charge in [-0.15, -0.1) is 0 Å². The molecular formula is C19H28. The van der Waals surface area contributed by atoms with E-state index in [-0.39, 0.29) is 0 Å². The summed E-state index contributed by atoms with van der Waals surface area (Å²) in [7, 11) is 0. The van der Waals surface area contributed by atoms with Crippen molar-refractivity contribution in [2.45, 2.75) is 71.1 Å². The molecule has 19 heavy (non-hydrogen) atoms. The van der Waals surface area contributed by atoms with Crippen LogP contribution in [0.1, 0.15) is 75.0 Å². The van der Waals surface area contributed by atoms with Crippen molar-refractivity contribution in [3.63, 3.8) is 0 Å². The van der Waals surface area contributed by atoms with Gasteiger partial charge in [0.2, 0.25) is 0 Å². The van der Waals surface area contributed by atoms with E-state index in [4.69, 9.17) is 0 Å². The molecule has 0 saturated carbocycles. The van der Waals surface area contributed by atoms with Crippen LogP contribution in [0.25, 0.3) is 6.08 Å². The zero-order valence-electron chi connectivity index (χ0n) is 12.5. The van der Waals surface area contributed by atoms with Crippen molar-refractivity contribution in [1.29, 1.82) is 0 Å². The summed E-state index contributed by atoms with van der Waals surface area (Å²) in [5, 5.41) is 0. The van der Waals surface area contributed by atoms with E-state index in [1.165, 1.54) is 74.5 Å². The Bertz CT molecular complexity index is 400. The zero-order valence-corrected chi connectivity index (χ0v) is 12.5. The van der Waals surface area contributed by atoms with Crippen LogP contribution in [0.5, 0.6) is 0 Å². The molecule has 0 nitrogen and oxygen atoms in total. The first-order chi connectivity index (χ1) is 9.40. The average molecular weight is 256 g/mol. The van der Waals surface area contributed by atoms with Crippen molar-refractivity contribution >= 4 is 6.08 Å². The number of benzene rings is 1. The Morgan fingerprint density at radius 1 is 0.895 bits per heavy atom. The standard InChI is InChI=1S/C19H28/c1-2-3-4-5-6-7-8-9-11-17-14-15-18-12-10-13-19(18)16-17/h10,12,14-16H,2-9,11,13H2,1H3. The molecule has 0 unspecified atom stereocenters. The molecule has 1 aromatic carbocycles. The minimum absolute atomic E-state index is 1.14. The van der Waals surface area contributed by atoms with Crippen LogP contribution >= 0.6 is 0 Å². The number of unbranched alkanes of at least 4 members (excludes halogenated alkanes) is 7. The fourth-order valence-electron chi connectivity index (χ4n) is 2.93. The molecule has 1 aliphatic rings. The van der Waals surface area contributed by atoms with Gasteiger partial charge < -0.3 is 0 Å². The van der Waals surface area contributed by atoms with Crippen molar-refractivity contribution in [3.8, 4) is 0 Å². The van der Waals surface area contributed by atoms with Crippen LogP contribution in [0.4, 0.5) is 0 Å². The van der Waals surface area contributed by atoms with E-state index in [0.29, 0.717) is 0 Å². The molecule has 0 amide bonds. The van der Waals surface area contributed by atoms with E-state index in [1.807, 2.05) is 0 Å². The van der Waals surface area contributed by atoms with Crippen LogP contribution in [0.3, 0.4) is 0 Å². The SMILES string of the molecule is CCCCCCCCCCc1ccc2c(c1)CC=C2. The summed E-state index contributed by atoms with van der Waals surface area (Å²) in [6.07, 6.45) is 18.2. The normalized spacial score (nSPS) is 12.9. The van der Waals surface area contributed by atoms with Crippen LogP contribution in [0.2, 0.25) is 0 Å². The molecule has 104 valence electrons. The molecule has 0 heterocycles. The molecule has 0 spiro atoms.